The van der Waals surface area contributed by atoms with Crippen molar-refractivity contribution in [2.45, 2.75) is 58.3 Å². The predicted molar refractivity (Wildman–Crippen MR) is 129 cm³/mol. The molecule has 0 radical (unpaired) electrons. The van der Waals surface area contributed by atoms with Crippen LogP contribution in [0.4, 0.5) is 21.2 Å². The molecule has 1 atom stereocenters. The van der Waals surface area contributed by atoms with E-state index in [1.807, 2.05) is 20.8 Å². The Morgan fingerprint density at radius 3 is 2.59 bits per heavy atom. The lowest BCUT2D eigenvalue weighted by Gasteiger charge is -2.34. The molecule has 0 aliphatic carbocycles. The second kappa shape index (κ2) is 12.0. The number of hydrogen-bond donors (Lipinski definition) is 1. The minimum absolute atomic E-state index is 0.0355. The van der Waals surface area contributed by atoms with E-state index in [9.17, 15) is 24.5 Å². The molecule has 204 valence electrons. The molecule has 2 saturated heterocycles. The number of aromatic nitrogens is 1. The van der Waals surface area contributed by atoms with Gasteiger partial charge in [-0.05, 0) is 56.5 Å². The van der Waals surface area contributed by atoms with Crippen LogP contribution in [0.5, 0.6) is 5.75 Å². The number of anilines is 1. The second-order valence-electron chi connectivity index (χ2n) is 9.61. The molecule has 14 heteroatoms. The van der Waals surface area contributed by atoms with E-state index < -0.39 is 41.1 Å². The third-order valence-electron chi connectivity index (χ3n) is 5.58. The number of cyclic esters (lactones) is 1. The van der Waals surface area contributed by atoms with Crippen molar-refractivity contribution >= 4 is 29.8 Å². The highest BCUT2D eigenvalue weighted by Crippen LogP contribution is 2.30. The molecule has 3 heterocycles. The van der Waals surface area contributed by atoms with Gasteiger partial charge in [0.05, 0.1) is 13.2 Å². The van der Waals surface area contributed by atoms with Crippen LogP contribution >= 0.6 is 0 Å². The molecule has 2 amide bonds. The molecule has 1 aromatic rings. The van der Waals surface area contributed by atoms with Crippen molar-refractivity contribution in [1.82, 2.24) is 15.2 Å². The van der Waals surface area contributed by atoms with E-state index in [1.54, 1.807) is 11.8 Å². The Morgan fingerprint density at radius 2 is 1.97 bits per heavy atom. The topological polar surface area (TPSA) is 163 Å². The summed E-state index contributed by atoms with van der Waals surface area (Å²) in [7, 11) is 0. The average Bonchev–Trinajstić information content (AvgIpc) is 3.21. The Balaban J connectivity index is 1.52. The smallest absolute Gasteiger partial charge is 0.417 e. The van der Waals surface area contributed by atoms with Gasteiger partial charge in [0.2, 0.25) is 5.75 Å². The number of piperidine rings is 1. The highest BCUT2D eigenvalue weighted by Gasteiger charge is 2.37. The van der Waals surface area contributed by atoms with Gasteiger partial charge in [-0.15, -0.1) is 0 Å². The van der Waals surface area contributed by atoms with Gasteiger partial charge in [0.25, 0.3) is 5.82 Å². The molecule has 3 rings (SSSR count). The fraction of sp³-hybridized carbons (Fsp3) is 0.652. The maximum atomic E-state index is 12.4. The summed E-state index contributed by atoms with van der Waals surface area (Å²) >= 11 is 0. The zero-order valence-electron chi connectivity index (χ0n) is 21.4. The molecule has 0 unspecified atom stereocenters. The maximum Gasteiger partial charge on any atom is 0.417 e. The number of nitrogens with one attached hydrogen (secondary N) is 1. The van der Waals surface area contributed by atoms with Crippen molar-refractivity contribution < 1.29 is 38.3 Å². The number of ether oxygens (including phenoxy) is 4. The van der Waals surface area contributed by atoms with Crippen LogP contribution in [0, 0.1) is 10.1 Å². The van der Waals surface area contributed by atoms with Crippen LogP contribution in [0.25, 0.3) is 0 Å². The molecule has 0 spiro atoms. The minimum Gasteiger partial charge on any atom is -0.474 e. The number of carbonyl (C=O) groups excluding carboxylic acids is 3. The van der Waals surface area contributed by atoms with Crippen molar-refractivity contribution in [1.29, 1.82) is 0 Å². The van der Waals surface area contributed by atoms with Crippen LogP contribution in [0.1, 0.15) is 40.5 Å². The summed E-state index contributed by atoms with van der Waals surface area (Å²) in [5.41, 5.74) is -0.546. The Morgan fingerprint density at radius 1 is 1.27 bits per heavy atom. The number of likely N-dealkylation sites (tertiary alicyclic amines) is 1. The number of rotatable bonds is 9. The lowest BCUT2D eigenvalue weighted by molar-refractivity contribution is -0.390. The van der Waals surface area contributed by atoms with Crippen molar-refractivity contribution in [3.8, 4) is 5.75 Å². The van der Waals surface area contributed by atoms with Crippen molar-refractivity contribution in [3.05, 3.63) is 22.2 Å². The van der Waals surface area contributed by atoms with Gasteiger partial charge >= 0.3 is 24.0 Å². The summed E-state index contributed by atoms with van der Waals surface area (Å²) < 4.78 is 20.7. The fourth-order valence-corrected chi connectivity index (χ4v) is 3.86. The lowest BCUT2D eigenvalue weighted by Crippen LogP contribution is -2.48. The Labute approximate surface area is 214 Å². The molecular formula is C23H33N5O9. The van der Waals surface area contributed by atoms with Crippen LogP contribution in [-0.2, 0) is 19.0 Å². The number of carbonyl (C=O) groups is 3. The average molecular weight is 524 g/mol. The molecule has 0 aromatic carbocycles. The van der Waals surface area contributed by atoms with Crippen molar-refractivity contribution in [2.24, 2.45) is 0 Å². The fourth-order valence-electron chi connectivity index (χ4n) is 3.86. The van der Waals surface area contributed by atoms with E-state index in [4.69, 9.17) is 18.9 Å². The minimum atomic E-state index is -0.756. The highest BCUT2D eigenvalue weighted by molar-refractivity contribution is 5.88. The van der Waals surface area contributed by atoms with Crippen LogP contribution in [-0.4, -0.2) is 90.1 Å². The van der Waals surface area contributed by atoms with Gasteiger partial charge in [-0.25, -0.2) is 19.3 Å². The third kappa shape index (κ3) is 7.90. The molecule has 2 fully saturated rings. The number of pyridine rings is 1. The first-order chi connectivity index (χ1) is 17.5. The molecule has 2 aliphatic rings. The van der Waals surface area contributed by atoms with Crippen molar-refractivity contribution in [2.75, 3.05) is 44.3 Å². The van der Waals surface area contributed by atoms with Gasteiger partial charge in [-0.1, -0.05) is 0 Å². The molecule has 1 N–H and O–H groups in total. The van der Waals surface area contributed by atoms with Gasteiger partial charge in [0.15, 0.2) is 6.61 Å². The van der Waals surface area contributed by atoms with Crippen LogP contribution in [0.2, 0.25) is 0 Å². The zero-order chi connectivity index (χ0) is 27.2. The Hall–Kier alpha value is -3.68. The van der Waals surface area contributed by atoms with Gasteiger partial charge < -0.3 is 39.3 Å². The van der Waals surface area contributed by atoms with Crippen LogP contribution in [0.15, 0.2) is 12.1 Å². The normalized spacial score (nSPS) is 18.4. The van der Waals surface area contributed by atoms with Crippen LogP contribution < -0.4 is 15.0 Å². The summed E-state index contributed by atoms with van der Waals surface area (Å²) in [5, 5.41) is 14.9. The van der Waals surface area contributed by atoms with E-state index in [1.165, 1.54) is 17.0 Å². The molecule has 37 heavy (non-hydrogen) atoms. The van der Waals surface area contributed by atoms with E-state index in [-0.39, 0.29) is 36.9 Å². The van der Waals surface area contributed by atoms with Gasteiger partial charge in [0, 0.05) is 31.7 Å². The summed E-state index contributed by atoms with van der Waals surface area (Å²) in [6.45, 7) is 8.39. The summed E-state index contributed by atoms with van der Waals surface area (Å²) in [5.74, 6) is -1.48. The van der Waals surface area contributed by atoms with E-state index >= 15 is 0 Å². The first-order valence-electron chi connectivity index (χ1n) is 12.1. The van der Waals surface area contributed by atoms with Gasteiger partial charge in [-0.2, -0.15) is 0 Å². The summed E-state index contributed by atoms with van der Waals surface area (Å²) in [4.78, 5) is 53.7. The Kier molecular flexibility index (Phi) is 9.08. The number of nitrogens with zero attached hydrogens (tertiary/aromatic N) is 4. The van der Waals surface area contributed by atoms with E-state index in [2.05, 4.69) is 10.3 Å². The van der Waals surface area contributed by atoms with Crippen molar-refractivity contribution in [3.63, 3.8) is 0 Å². The monoisotopic (exact) mass is 523 g/mol. The standard InChI is InChI=1S/C23H33N5O9/c1-5-34-19(29)14-35-17-6-7-18(25-20(17)28(32)33)27-13-16(36-22(27)31)12-24-15-8-10-26(11-9-15)21(30)37-23(2,3)4/h6-7,15-16,24H,5,8-14H2,1-4H3/t16-/m1/s1. The summed E-state index contributed by atoms with van der Waals surface area (Å²) in [6, 6.07) is 2.80. The Bertz CT molecular complexity index is 1000. The number of nitro groups is 1. The first kappa shape index (κ1) is 27.9. The number of hydrogen-bond acceptors (Lipinski definition) is 11. The molecular weight excluding hydrogens is 490 g/mol. The van der Waals surface area contributed by atoms with Gasteiger partial charge in [0.1, 0.15) is 11.7 Å². The number of amides is 2. The third-order valence-corrected chi connectivity index (χ3v) is 5.58. The lowest BCUT2D eigenvalue weighted by atomic mass is 10.1. The molecule has 0 saturated carbocycles. The first-order valence-corrected chi connectivity index (χ1v) is 12.1. The number of esters is 1. The quantitative estimate of drug-likeness (QED) is 0.218. The van der Waals surface area contributed by atoms with E-state index in [0.717, 1.165) is 12.8 Å². The highest BCUT2D eigenvalue weighted by atomic mass is 16.6. The zero-order valence-corrected chi connectivity index (χ0v) is 21.4. The maximum absolute atomic E-state index is 12.4. The van der Waals surface area contributed by atoms with E-state index in [0.29, 0.717) is 19.6 Å². The van der Waals surface area contributed by atoms with Crippen LogP contribution in [0.3, 0.4) is 0 Å². The molecule has 14 nitrogen and oxygen atoms in total. The predicted octanol–water partition coefficient (Wildman–Crippen LogP) is 2.25. The second-order valence-corrected chi connectivity index (χ2v) is 9.61. The molecule has 2 aliphatic heterocycles. The summed E-state index contributed by atoms with van der Waals surface area (Å²) in [6.07, 6.45) is -0.0364. The molecule has 1 aromatic heterocycles. The SMILES string of the molecule is CCOC(=O)COc1ccc(N2C[C@@H](CNC3CCN(C(=O)OC(C)(C)C)CC3)OC2=O)nc1[N+](=O)[O-]. The largest absolute Gasteiger partial charge is 0.474 e. The van der Waals surface area contributed by atoms with Gasteiger partial charge in [-0.3, -0.25) is 0 Å². The molecule has 0 bridgehead atoms.